The van der Waals surface area contributed by atoms with Crippen LogP contribution >= 0.6 is 0 Å². The summed E-state index contributed by atoms with van der Waals surface area (Å²) in [7, 11) is 0. The van der Waals surface area contributed by atoms with E-state index in [0.717, 1.165) is 38.8 Å². The van der Waals surface area contributed by atoms with Crippen LogP contribution in [-0.4, -0.2) is 41.3 Å². The quantitative estimate of drug-likeness (QED) is 0.821. The lowest BCUT2D eigenvalue weighted by Gasteiger charge is -2.30. The standard InChI is InChI=1S/C18H27N3O2/c1-3-4-5-8-20-17(22)15-10-16(12-19-11-15)18(23)21-9-6-7-14(2)13-21/h10-12,14H,3-9,13H2,1-2H3,(H,20,22). The highest BCUT2D eigenvalue weighted by Crippen LogP contribution is 2.18. The first-order chi connectivity index (χ1) is 11.1. The summed E-state index contributed by atoms with van der Waals surface area (Å²) in [5, 5.41) is 2.88. The molecule has 0 radical (unpaired) electrons. The summed E-state index contributed by atoms with van der Waals surface area (Å²) in [5.74, 6) is 0.352. The number of hydrogen-bond donors (Lipinski definition) is 1. The van der Waals surface area contributed by atoms with Crippen molar-refractivity contribution in [1.29, 1.82) is 0 Å². The van der Waals surface area contributed by atoms with Gasteiger partial charge in [-0.3, -0.25) is 14.6 Å². The lowest BCUT2D eigenvalue weighted by atomic mass is 9.99. The Balaban J connectivity index is 1.98. The van der Waals surface area contributed by atoms with Crippen LogP contribution in [0.15, 0.2) is 18.5 Å². The second-order valence-electron chi connectivity index (χ2n) is 6.42. The van der Waals surface area contributed by atoms with Gasteiger partial charge in [-0.1, -0.05) is 26.7 Å². The summed E-state index contributed by atoms with van der Waals surface area (Å²) in [6.07, 6.45) is 8.47. The van der Waals surface area contributed by atoms with Gasteiger partial charge >= 0.3 is 0 Å². The zero-order valence-corrected chi connectivity index (χ0v) is 14.2. The van der Waals surface area contributed by atoms with Gasteiger partial charge in [-0.15, -0.1) is 0 Å². The third-order valence-electron chi connectivity index (χ3n) is 4.26. The minimum atomic E-state index is -0.157. The van der Waals surface area contributed by atoms with Crippen molar-refractivity contribution in [2.24, 2.45) is 5.92 Å². The van der Waals surface area contributed by atoms with Crippen molar-refractivity contribution < 1.29 is 9.59 Å². The lowest BCUT2D eigenvalue weighted by molar-refractivity contribution is 0.0682. The van der Waals surface area contributed by atoms with Gasteiger partial charge < -0.3 is 10.2 Å². The normalized spacial score (nSPS) is 17.8. The number of likely N-dealkylation sites (tertiary alicyclic amines) is 1. The molecule has 0 saturated carbocycles. The second-order valence-corrected chi connectivity index (χ2v) is 6.42. The number of carbonyl (C=O) groups excluding carboxylic acids is 2. The van der Waals surface area contributed by atoms with Gasteiger partial charge in [-0.2, -0.15) is 0 Å². The number of nitrogens with one attached hydrogen (secondary N) is 1. The van der Waals surface area contributed by atoms with Gasteiger partial charge in [0.25, 0.3) is 11.8 Å². The van der Waals surface area contributed by atoms with Crippen molar-refractivity contribution in [1.82, 2.24) is 15.2 Å². The molecule has 0 aromatic carbocycles. The maximum absolute atomic E-state index is 12.6. The van der Waals surface area contributed by atoms with Gasteiger partial charge in [0.05, 0.1) is 11.1 Å². The van der Waals surface area contributed by atoms with Gasteiger partial charge in [0.2, 0.25) is 0 Å². The number of rotatable bonds is 6. The van der Waals surface area contributed by atoms with E-state index in [9.17, 15) is 9.59 Å². The predicted octanol–water partition coefficient (Wildman–Crippen LogP) is 2.87. The summed E-state index contributed by atoms with van der Waals surface area (Å²) in [4.78, 5) is 30.7. The fraction of sp³-hybridized carbons (Fsp3) is 0.611. The molecule has 5 heteroatoms. The molecule has 0 aliphatic carbocycles. The van der Waals surface area contributed by atoms with E-state index in [2.05, 4.69) is 24.1 Å². The Morgan fingerprint density at radius 3 is 2.83 bits per heavy atom. The Bertz CT molecular complexity index is 545. The smallest absolute Gasteiger partial charge is 0.255 e. The summed E-state index contributed by atoms with van der Waals surface area (Å²) < 4.78 is 0. The fourth-order valence-corrected chi connectivity index (χ4v) is 2.92. The molecule has 0 spiro atoms. The molecule has 1 aromatic heterocycles. The van der Waals surface area contributed by atoms with E-state index in [4.69, 9.17) is 0 Å². The molecule has 126 valence electrons. The molecule has 2 heterocycles. The molecule has 1 aromatic rings. The first kappa shape index (κ1) is 17.4. The number of amides is 2. The highest BCUT2D eigenvalue weighted by Gasteiger charge is 2.22. The average molecular weight is 317 g/mol. The van der Waals surface area contributed by atoms with E-state index in [1.54, 1.807) is 12.3 Å². The van der Waals surface area contributed by atoms with Crippen LogP contribution in [0.25, 0.3) is 0 Å². The largest absolute Gasteiger partial charge is 0.352 e. The summed E-state index contributed by atoms with van der Waals surface area (Å²) >= 11 is 0. The number of aromatic nitrogens is 1. The van der Waals surface area contributed by atoms with Gasteiger partial charge in [-0.05, 0) is 31.2 Å². The predicted molar refractivity (Wildman–Crippen MR) is 90.4 cm³/mol. The molecule has 1 atom stereocenters. The monoisotopic (exact) mass is 317 g/mol. The van der Waals surface area contributed by atoms with Gasteiger partial charge in [0, 0.05) is 32.0 Å². The third kappa shape index (κ3) is 5.05. The Labute approximate surface area is 138 Å². The fourth-order valence-electron chi connectivity index (χ4n) is 2.92. The van der Waals surface area contributed by atoms with Crippen molar-refractivity contribution in [2.75, 3.05) is 19.6 Å². The van der Waals surface area contributed by atoms with E-state index in [-0.39, 0.29) is 11.8 Å². The number of hydrogen-bond acceptors (Lipinski definition) is 3. The molecule has 0 bridgehead atoms. The molecular weight excluding hydrogens is 290 g/mol. The molecular formula is C18H27N3O2. The Hall–Kier alpha value is -1.91. The van der Waals surface area contributed by atoms with Crippen molar-refractivity contribution in [3.8, 4) is 0 Å². The number of carbonyl (C=O) groups is 2. The minimum absolute atomic E-state index is 0.0234. The Morgan fingerprint density at radius 2 is 2.09 bits per heavy atom. The molecule has 2 rings (SSSR count). The topological polar surface area (TPSA) is 62.3 Å². The lowest BCUT2D eigenvalue weighted by Crippen LogP contribution is -2.39. The van der Waals surface area contributed by atoms with Crippen LogP contribution in [0, 0.1) is 5.92 Å². The second kappa shape index (κ2) is 8.65. The minimum Gasteiger partial charge on any atom is -0.352 e. The van der Waals surface area contributed by atoms with E-state index >= 15 is 0 Å². The number of nitrogens with zero attached hydrogens (tertiary/aromatic N) is 2. The van der Waals surface area contributed by atoms with Gasteiger partial charge in [0.15, 0.2) is 0 Å². The van der Waals surface area contributed by atoms with Gasteiger partial charge in [0.1, 0.15) is 0 Å². The van der Waals surface area contributed by atoms with Crippen LogP contribution in [0.5, 0.6) is 0 Å². The van der Waals surface area contributed by atoms with Crippen LogP contribution in [0.3, 0.4) is 0 Å². The first-order valence-corrected chi connectivity index (χ1v) is 8.64. The number of pyridine rings is 1. The van der Waals surface area contributed by atoms with Crippen molar-refractivity contribution in [3.05, 3.63) is 29.6 Å². The number of unbranched alkanes of at least 4 members (excludes halogenated alkanes) is 2. The molecule has 23 heavy (non-hydrogen) atoms. The molecule has 1 saturated heterocycles. The van der Waals surface area contributed by atoms with Crippen LogP contribution in [0.2, 0.25) is 0 Å². The van der Waals surface area contributed by atoms with Crippen LogP contribution < -0.4 is 5.32 Å². The van der Waals surface area contributed by atoms with E-state index in [1.807, 2.05) is 4.90 Å². The summed E-state index contributed by atoms with van der Waals surface area (Å²) in [6, 6.07) is 1.66. The first-order valence-electron chi connectivity index (χ1n) is 8.64. The highest BCUT2D eigenvalue weighted by atomic mass is 16.2. The molecule has 1 unspecified atom stereocenters. The highest BCUT2D eigenvalue weighted by molar-refractivity contribution is 5.99. The van der Waals surface area contributed by atoms with Crippen LogP contribution in [-0.2, 0) is 0 Å². The molecule has 1 N–H and O–H groups in total. The molecule has 2 amide bonds. The van der Waals surface area contributed by atoms with E-state index in [1.165, 1.54) is 12.6 Å². The maximum Gasteiger partial charge on any atom is 0.255 e. The van der Waals surface area contributed by atoms with Crippen molar-refractivity contribution in [3.63, 3.8) is 0 Å². The van der Waals surface area contributed by atoms with Crippen LogP contribution in [0.4, 0.5) is 0 Å². The summed E-state index contributed by atoms with van der Waals surface area (Å²) in [5.41, 5.74) is 0.956. The SMILES string of the molecule is CCCCCNC(=O)c1cncc(C(=O)N2CCCC(C)C2)c1. The summed E-state index contributed by atoms with van der Waals surface area (Å²) in [6.45, 7) is 6.53. The Morgan fingerprint density at radius 1 is 1.30 bits per heavy atom. The van der Waals surface area contributed by atoms with Crippen LogP contribution in [0.1, 0.15) is 66.7 Å². The van der Waals surface area contributed by atoms with Crippen molar-refractivity contribution >= 4 is 11.8 Å². The maximum atomic E-state index is 12.6. The van der Waals surface area contributed by atoms with Crippen molar-refractivity contribution in [2.45, 2.75) is 46.0 Å². The zero-order chi connectivity index (χ0) is 16.7. The average Bonchev–Trinajstić information content (AvgIpc) is 2.58. The van der Waals surface area contributed by atoms with E-state index in [0.29, 0.717) is 23.6 Å². The molecule has 1 fully saturated rings. The molecule has 1 aliphatic heterocycles. The van der Waals surface area contributed by atoms with Gasteiger partial charge in [-0.25, -0.2) is 0 Å². The number of piperidine rings is 1. The van der Waals surface area contributed by atoms with E-state index < -0.39 is 0 Å². The molecule has 1 aliphatic rings. The Kier molecular flexibility index (Phi) is 6.56. The third-order valence-corrected chi connectivity index (χ3v) is 4.26. The zero-order valence-electron chi connectivity index (χ0n) is 14.2. The molecule has 5 nitrogen and oxygen atoms in total.